The maximum absolute atomic E-state index is 9.47. The van der Waals surface area contributed by atoms with Crippen LogP contribution in [-0.4, -0.2) is 71.0 Å². The van der Waals surface area contributed by atoms with E-state index >= 15 is 0 Å². The lowest BCUT2D eigenvalue weighted by Crippen LogP contribution is -2.46. The molecular formula is C9H19N2O4. The average Bonchev–Trinajstić information content (AvgIpc) is 2.76. The molecule has 1 aliphatic rings. The monoisotopic (exact) mass is 219 g/mol. The minimum Gasteiger partial charge on any atom is -0.394 e. The number of hydrogen-bond donors (Lipinski definition) is 5. The molecule has 1 saturated heterocycles. The normalized spacial score (nSPS) is 27.6. The summed E-state index contributed by atoms with van der Waals surface area (Å²) in [5, 5.41) is 43.6. The van der Waals surface area contributed by atoms with E-state index < -0.39 is 24.9 Å². The van der Waals surface area contributed by atoms with Crippen LogP contribution in [0.2, 0.25) is 0 Å². The summed E-state index contributed by atoms with van der Waals surface area (Å²) < 4.78 is 0. The quantitative estimate of drug-likeness (QED) is 0.328. The SMILES string of the molecule is OC[C@@H](O)[C@H](O)[C@@H](O)CNC1CC[N]C1. The molecule has 0 saturated carbocycles. The van der Waals surface area contributed by atoms with Gasteiger partial charge in [-0.3, -0.25) is 0 Å². The lowest BCUT2D eigenvalue weighted by Gasteiger charge is -2.23. The fraction of sp³-hybridized carbons (Fsp3) is 1.00. The van der Waals surface area contributed by atoms with E-state index in [2.05, 4.69) is 10.6 Å². The van der Waals surface area contributed by atoms with E-state index in [1.165, 1.54) is 0 Å². The van der Waals surface area contributed by atoms with Crippen molar-refractivity contribution in [1.29, 1.82) is 0 Å². The lowest BCUT2D eigenvalue weighted by atomic mass is 10.1. The molecule has 5 N–H and O–H groups in total. The lowest BCUT2D eigenvalue weighted by molar-refractivity contribution is -0.0754. The molecule has 0 aromatic carbocycles. The van der Waals surface area contributed by atoms with Crippen LogP contribution < -0.4 is 10.6 Å². The second-order valence-corrected chi connectivity index (χ2v) is 3.83. The number of nitrogens with zero attached hydrogens (tertiary/aromatic N) is 1. The molecule has 6 heteroatoms. The first kappa shape index (κ1) is 12.8. The van der Waals surface area contributed by atoms with E-state index in [0.29, 0.717) is 0 Å². The summed E-state index contributed by atoms with van der Waals surface area (Å²) in [6, 6.07) is 0.248. The zero-order valence-electron chi connectivity index (χ0n) is 8.58. The predicted octanol–water partition coefficient (Wildman–Crippen LogP) is -2.97. The Morgan fingerprint density at radius 2 is 2.00 bits per heavy atom. The van der Waals surface area contributed by atoms with Gasteiger partial charge in [0.15, 0.2) is 0 Å². The largest absolute Gasteiger partial charge is 0.394 e. The fourth-order valence-corrected chi connectivity index (χ4v) is 1.52. The van der Waals surface area contributed by atoms with Crippen LogP contribution in [0.15, 0.2) is 0 Å². The van der Waals surface area contributed by atoms with Crippen LogP contribution in [0.4, 0.5) is 0 Å². The van der Waals surface area contributed by atoms with E-state index in [4.69, 9.17) is 10.2 Å². The molecule has 0 aromatic heterocycles. The van der Waals surface area contributed by atoms with Crippen molar-refractivity contribution >= 4 is 0 Å². The zero-order valence-corrected chi connectivity index (χ0v) is 8.58. The predicted molar refractivity (Wildman–Crippen MR) is 53.4 cm³/mol. The first-order valence-electron chi connectivity index (χ1n) is 5.17. The summed E-state index contributed by atoms with van der Waals surface area (Å²) in [5.41, 5.74) is 0. The van der Waals surface area contributed by atoms with E-state index in [1.54, 1.807) is 0 Å². The molecular weight excluding hydrogens is 200 g/mol. The molecule has 1 rings (SSSR count). The highest BCUT2D eigenvalue weighted by atomic mass is 16.4. The molecule has 6 nitrogen and oxygen atoms in total. The second-order valence-electron chi connectivity index (χ2n) is 3.83. The number of hydrogen-bond acceptors (Lipinski definition) is 5. The van der Waals surface area contributed by atoms with Crippen LogP contribution in [0.1, 0.15) is 6.42 Å². The van der Waals surface area contributed by atoms with Gasteiger partial charge in [-0.25, -0.2) is 5.32 Å². The van der Waals surface area contributed by atoms with Gasteiger partial charge in [0, 0.05) is 25.7 Å². The van der Waals surface area contributed by atoms with Crippen molar-refractivity contribution < 1.29 is 20.4 Å². The topological polar surface area (TPSA) is 107 Å². The molecule has 0 amide bonds. The van der Waals surface area contributed by atoms with Crippen molar-refractivity contribution in [3.8, 4) is 0 Å². The van der Waals surface area contributed by atoms with Gasteiger partial charge in [-0.1, -0.05) is 0 Å². The third-order valence-electron chi connectivity index (χ3n) is 2.58. The van der Waals surface area contributed by atoms with Gasteiger partial charge in [-0.15, -0.1) is 0 Å². The molecule has 4 atom stereocenters. The van der Waals surface area contributed by atoms with E-state index in [0.717, 1.165) is 19.5 Å². The van der Waals surface area contributed by atoms with Crippen molar-refractivity contribution in [3.63, 3.8) is 0 Å². The molecule has 15 heavy (non-hydrogen) atoms. The van der Waals surface area contributed by atoms with Gasteiger partial charge in [0.2, 0.25) is 0 Å². The highest BCUT2D eigenvalue weighted by Crippen LogP contribution is 2.02. The first-order valence-corrected chi connectivity index (χ1v) is 5.17. The summed E-state index contributed by atoms with van der Waals surface area (Å²) in [5.74, 6) is 0. The molecule has 1 radical (unpaired) electrons. The highest BCUT2D eigenvalue weighted by molar-refractivity contribution is 4.81. The Kier molecular flexibility index (Phi) is 5.44. The highest BCUT2D eigenvalue weighted by Gasteiger charge is 2.25. The van der Waals surface area contributed by atoms with E-state index in [9.17, 15) is 10.2 Å². The maximum Gasteiger partial charge on any atom is 0.109 e. The van der Waals surface area contributed by atoms with E-state index in [1.807, 2.05) is 0 Å². The summed E-state index contributed by atoms with van der Waals surface area (Å²) in [6.07, 6.45) is -2.76. The Labute approximate surface area is 88.9 Å². The van der Waals surface area contributed by atoms with Crippen molar-refractivity contribution in [3.05, 3.63) is 0 Å². The fourth-order valence-electron chi connectivity index (χ4n) is 1.52. The van der Waals surface area contributed by atoms with Crippen LogP contribution in [0, 0.1) is 0 Å². The number of aliphatic hydroxyl groups excluding tert-OH is 4. The summed E-state index contributed by atoms with van der Waals surface area (Å²) >= 11 is 0. The Morgan fingerprint density at radius 3 is 2.53 bits per heavy atom. The van der Waals surface area contributed by atoms with Gasteiger partial charge >= 0.3 is 0 Å². The van der Waals surface area contributed by atoms with Gasteiger partial charge in [-0.05, 0) is 6.42 Å². The maximum atomic E-state index is 9.47. The van der Waals surface area contributed by atoms with Gasteiger partial charge in [0.1, 0.15) is 12.2 Å². The third kappa shape index (κ3) is 4.02. The van der Waals surface area contributed by atoms with Crippen LogP contribution in [0.25, 0.3) is 0 Å². The second kappa shape index (κ2) is 6.37. The Hall–Kier alpha value is -0.240. The molecule has 0 aliphatic carbocycles. The molecule has 0 spiro atoms. The number of rotatable bonds is 6. The Balaban J connectivity index is 2.19. The molecule has 0 bridgehead atoms. The zero-order chi connectivity index (χ0) is 11.3. The summed E-state index contributed by atoms with van der Waals surface area (Å²) in [7, 11) is 0. The van der Waals surface area contributed by atoms with E-state index in [-0.39, 0.29) is 12.6 Å². The van der Waals surface area contributed by atoms with Crippen LogP contribution >= 0.6 is 0 Å². The van der Waals surface area contributed by atoms with Gasteiger partial charge in [0.05, 0.1) is 12.7 Å². The van der Waals surface area contributed by atoms with Gasteiger partial charge in [-0.2, -0.15) is 0 Å². The van der Waals surface area contributed by atoms with Crippen LogP contribution in [0.3, 0.4) is 0 Å². The van der Waals surface area contributed by atoms with Gasteiger partial charge < -0.3 is 25.7 Å². The molecule has 0 aromatic rings. The average molecular weight is 219 g/mol. The first-order chi connectivity index (χ1) is 7.15. The molecule has 1 unspecified atom stereocenters. The standard InChI is InChI=1S/C9H19N2O4/c12-5-8(14)9(15)7(13)4-11-6-1-2-10-3-6/h6-9,11-15H,1-5H2/t6?,7-,8+,9+/m0/s1. The Morgan fingerprint density at radius 1 is 1.27 bits per heavy atom. The van der Waals surface area contributed by atoms with Gasteiger partial charge in [0.25, 0.3) is 0 Å². The summed E-state index contributed by atoms with van der Waals surface area (Å²) in [4.78, 5) is 0. The van der Waals surface area contributed by atoms with Crippen LogP contribution in [0.5, 0.6) is 0 Å². The Bertz CT molecular complexity index is 175. The molecule has 1 heterocycles. The third-order valence-corrected chi connectivity index (χ3v) is 2.58. The number of nitrogens with one attached hydrogen (secondary N) is 1. The van der Waals surface area contributed by atoms with Crippen LogP contribution in [-0.2, 0) is 0 Å². The minimum atomic E-state index is -1.32. The van der Waals surface area contributed by atoms with Crippen molar-refractivity contribution in [2.45, 2.75) is 30.8 Å². The smallest absolute Gasteiger partial charge is 0.109 e. The molecule has 1 fully saturated rings. The minimum absolute atomic E-state index is 0.193. The van der Waals surface area contributed by atoms with Crippen molar-refractivity contribution in [1.82, 2.24) is 10.6 Å². The molecule has 1 aliphatic heterocycles. The number of aliphatic hydroxyl groups is 4. The molecule has 89 valence electrons. The van der Waals surface area contributed by atoms with Crippen molar-refractivity contribution in [2.75, 3.05) is 26.2 Å². The summed E-state index contributed by atoms with van der Waals surface area (Å²) in [6.45, 7) is 1.19. The van der Waals surface area contributed by atoms with Crippen molar-refractivity contribution in [2.24, 2.45) is 0 Å².